The van der Waals surface area contributed by atoms with Crippen molar-refractivity contribution in [3.8, 4) is 0 Å². The Hall–Kier alpha value is -1.24. The van der Waals surface area contributed by atoms with Crippen LogP contribution in [-0.2, 0) is 0 Å². The van der Waals surface area contributed by atoms with Gasteiger partial charge in [0.15, 0.2) is 4.96 Å². The van der Waals surface area contributed by atoms with E-state index in [-0.39, 0.29) is 12.2 Å². The lowest BCUT2D eigenvalue weighted by Crippen LogP contribution is -2.14. The Labute approximate surface area is 83.4 Å². The van der Waals surface area contributed by atoms with E-state index in [1.807, 2.05) is 0 Å². The van der Waals surface area contributed by atoms with Crippen LogP contribution >= 0.6 is 11.3 Å². The summed E-state index contributed by atoms with van der Waals surface area (Å²) < 4.78 is 1.43. The largest absolute Gasteiger partial charge is 0.394 e. The van der Waals surface area contributed by atoms with Gasteiger partial charge in [0.2, 0.25) is 0 Å². The van der Waals surface area contributed by atoms with Gasteiger partial charge in [0, 0.05) is 23.3 Å². The third kappa shape index (κ3) is 1.43. The maximum Gasteiger partial charge on any atom is 0.258 e. The van der Waals surface area contributed by atoms with Gasteiger partial charge in [0.05, 0.1) is 12.6 Å². The Kier molecular flexibility index (Phi) is 2.32. The molecule has 14 heavy (non-hydrogen) atoms. The summed E-state index contributed by atoms with van der Waals surface area (Å²) >= 11 is 1.31. The molecule has 1 atom stereocenters. The Morgan fingerprint density at radius 2 is 2.50 bits per heavy atom. The molecule has 6 heteroatoms. The number of rotatable bonds is 2. The zero-order chi connectivity index (χ0) is 10.1. The molecule has 0 bridgehead atoms. The van der Waals surface area contributed by atoms with Gasteiger partial charge in [-0.05, 0) is 0 Å². The number of hydrogen-bond acceptors (Lipinski definition) is 5. The van der Waals surface area contributed by atoms with E-state index >= 15 is 0 Å². The molecular formula is C8H9N3O2S. The normalized spacial score (nSPS) is 13.3. The molecule has 0 aliphatic rings. The molecule has 3 N–H and O–H groups in total. The molecule has 0 saturated heterocycles. The third-order valence-electron chi connectivity index (χ3n) is 1.87. The van der Waals surface area contributed by atoms with Crippen LogP contribution in [0.3, 0.4) is 0 Å². The topological polar surface area (TPSA) is 80.6 Å². The lowest BCUT2D eigenvalue weighted by molar-refractivity contribution is 0.269. The first-order chi connectivity index (χ1) is 6.72. The molecule has 0 spiro atoms. The molecule has 2 rings (SSSR count). The Morgan fingerprint density at radius 3 is 3.14 bits per heavy atom. The van der Waals surface area contributed by atoms with Crippen molar-refractivity contribution in [1.82, 2.24) is 9.38 Å². The van der Waals surface area contributed by atoms with Crippen LogP contribution in [0.4, 0.5) is 0 Å². The minimum Gasteiger partial charge on any atom is -0.394 e. The van der Waals surface area contributed by atoms with Gasteiger partial charge in [0.1, 0.15) is 0 Å². The SMILES string of the molecule is NC(CO)c1cn2c(=O)ccnc2s1. The molecule has 0 radical (unpaired) electrons. The molecule has 5 nitrogen and oxygen atoms in total. The maximum atomic E-state index is 11.3. The molecule has 0 fully saturated rings. The van der Waals surface area contributed by atoms with Crippen molar-refractivity contribution in [2.24, 2.45) is 5.73 Å². The van der Waals surface area contributed by atoms with Gasteiger partial charge in [-0.15, -0.1) is 0 Å². The van der Waals surface area contributed by atoms with Crippen LogP contribution in [0.5, 0.6) is 0 Å². The van der Waals surface area contributed by atoms with Gasteiger partial charge in [-0.2, -0.15) is 0 Å². The van der Waals surface area contributed by atoms with Gasteiger partial charge in [-0.1, -0.05) is 11.3 Å². The summed E-state index contributed by atoms with van der Waals surface area (Å²) in [6, 6.07) is 0.939. The van der Waals surface area contributed by atoms with Crippen LogP contribution < -0.4 is 11.3 Å². The predicted octanol–water partition coefficient (Wildman–Crippen LogP) is -0.252. The number of fused-ring (bicyclic) bond motifs is 1. The predicted molar refractivity (Wildman–Crippen MR) is 53.4 cm³/mol. The van der Waals surface area contributed by atoms with Gasteiger partial charge in [0.25, 0.3) is 5.56 Å². The number of aliphatic hydroxyl groups excluding tert-OH is 1. The van der Waals surface area contributed by atoms with Crippen molar-refractivity contribution in [3.63, 3.8) is 0 Å². The van der Waals surface area contributed by atoms with E-state index < -0.39 is 6.04 Å². The average molecular weight is 211 g/mol. The maximum absolute atomic E-state index is 11.3. The summed E-state index contributed by atoms with van der Waals surface area (Å²) in [5.74, 6) is 0. The van der Waals surface area contributed by atoms with Crippen molar-refractivity contribution >= 4 is 16.3 Å². The van der Waals surface area contributed by atoms with E-state index in [1.165, 1.54) is 28.0 Å². The number of thiazole rings is 1. The van der Waals surface area contributed by atoms with Crippen LogP contribution in [0.2, 0.25) is 0 Å². The number of nitrogens with two attached hydrogens (primary N) is 1. The number of nitrogens with zero attached hydrogens (tertiary/aromatic N) is 2. The summed E-state index contributed by atoms with van der Waals surface area (Å²) in [4.78, 5) is 16.7. The van der Waals surface area contributed by atoms with Gasteiger partial charge in [-0.25, -0.2) is 4.98 Å². The smallest absolute Gasteiger partial charge is 0.258 e. The van der Waals surface area contributed by atoms with Gasteiger partial charge < -0.3 is 10.8 Å². The van der Waals surface area contributed by atoms with Crippen LogP contribution in [0.15, 0.2) is 23.3 Å². The first-order valence-corrected chi connectivity index (χ1v) is 4.87. The van der Waals surface area contributed by atoms with Crippen LogP contribution in [0.1, 0.15) is 10.9 Å². The molecule has 0 aliphatic heterocycles. The summed E-state index contributed by atoms with van der Waals surface area (Å²) in [5, 5.41) is 8.86. The van der Waals surface area contributed by atoms with E-state index in [0.29, 0.717) is 4.96 Å². The van der Waals surface area contributed by atoms with Crippen molar-refractivity contribution < 1.29 is 5.11 Å². The van der Waals surface area contributed by atoms with Crippen molar-refractivity contribution in [3.05, 3.63) is 33.7 Å². The van der Waals surface area contributed by atoms with Crippen LogP contribution in [0, 0.1) is 0 Å². The number of hydrogen-bond donors (Lipinski definition) is 2. The zero-order valence-electron chi connectivity index (χ0n) is 7.25. The second-order valence-corrected chi connectivity index (χ2v) is 3.90. The fraction of sp³-hybridized carbons (Fsp3) is 0.250. The van der Waals surface area contributed by atoms with E-state index in [9.17, 15) is 4.79 Å². The molecule has 0 aromatic carbocycles. The fourth-order valence-electron chi connectivity index (χ4n) is 1.12. The molecule has 0 saturated carbocycles. The second-order valence-electron chi connectivity index (χ2n) is 2.86. The van der Waals surface area contributed by atoms with Crippen molar-refractivity contribution in [2.45, 2.75) is 6.04 Å². The molecule has 2 heterocycles. The highest BCUT2D eigenvalue weighted by atomic mass is 32.1. The monoisotopic (exact) mass is 211 g/mol. The lowest BCUT2D eigenvalue weighted by atomic mass is 10.3. The van der Waals surface area contributed by atoms with Crippen LogP contribution in [0.25, 0.3) is 4.96 Å². The quantitative estimate of drug-likeness (QED) is 0.717. The highest BCUT2D eigenvalue weighted by Crippen LogP contribution is 2.19. The Morgan fingerprint density at radius 1 is 1.71 bits per heavy atom. The molecule has 74 valence electrons. The Bertz CT molecular complexity index is 505. The number of aromatic nitrogens is 2. The highest BCUT2D eigenvalue weighted by Gasteiger charge is 2.09. The number of aliphatic hydroxyl groups is 1. The second kappa shape index (κ2) is 3.49. The van der Waals surface area contributed by atoms with Crippen molar-refractivity contribution in [1.29, 1.82) is 0 Å². The van der Waals surface area contributed by atoms with Gasteiger partial charge in [-0.3, -0.25) is 9.20 Å². The van der Waals surface area contributed by atoms with Crippen LogP contribution in [-0.4, -0.2) is 21.1 Å². The first kappa shape index (κ1) is 9.32. The summed E-state index contributed by atoms with van der Waals surface area (Å²) in [6.07, 6.45) is 3.08. The van der Waals surface area contributed by atoms with E-state index in [0.717, 1.165) is 4.88 Å². The first-order valence-electron chi connectivity index (χ1n) is 4.06. The summed E-state index contributed by atoms with van der Waals surface area (Å²) in [7, 11) is 0. The molecular weight excluding hydrogens is 202 g/mol. The molecule has 2 aromatic rings. The third-order valence-corrected chi connectivity index (χ3v) is 3.00. The molecule has 0 amide bonds. The molecule has 2 aromatic heterocycles. The van der Waals surface area contributed by atoms with Gasteiger partial charge >= 0.3 is 0 Å². The summed E-state index contributed by atoms with van der Waals surface area (Å²) in [6.45, 7) is -0.137. The highest BCUT2D eigenvalue weighted by molar-refractivity contribution is 7.17. The van der Waals surface area contributed by atoms with Crippen molar-refractivity contribution in [2.75, 3.05) is 6.61 Å². The van der Waals surface area contributed by atoms with E-state index in [1.54, 1.807) is 6.20 Å². The van der Waals surface area contributed by atoms with E-state index in [2.05, 4.69) is 4.98 Å². The molecule has 0 aliphatic carbocycles. The molecule has 1 unspecified atom stereocenters. The lowest BCUT2D eigenvalue weighted by Gasteiger charge is -2.01. The summed E-state index contributed by atoms with van der Waals surface area (Å²) in [5.41, 5.74) is 5.49. The minimum absolute atomic E-state index is 0.136. The Balaban J connectivity index is 2.62. The van der Waals surface area contributed by atoms with E-state index in [4.69, 9.17) is 10.8 Å². The average Bonchev–Trinajstić information content (AvgIpc) is 2.62. The fourth-order valence-corrected chi connectivity index (χ4v) is 2.07. The standard InChI is InChI=1S/C8H9N3O2S/c9-5(4-12)6-3-11-7(13)1-2-10-8(11)14-6/h1-3,5,12H,4,9H2. The zero-order valence-corrected chi connectivity index (χ0v) is 8.07. The minimum atomic E-state index is -0.443.